The largest absolute Gasteiger partial charge is 0.310 e. The fraction of sp³-hybridized carbons (Fsp3) is 0.462. The lowest BCUT2D eigenvalue weighted by molar-refractivity contribution is 0.421. The van der Waals surface area contributed by atoms with Gasteiger partial charge in [0, 0.05) is 29.7 Å². The molecule has 0 fully saturated rings. The van der Waals surface area contributed by atoms with Crippen molar-refractivity contribution >= 4 is 32.7 Å². The third kappa shape index (κ3) is 5.48. The Balaban J connectivity index is 1.87. The van der Waals surface area contributed by atoms with Gasteiger partial charge in [-0.25, -0.2) is 18.1 Å². The highest BCUT2D eigenvalue weighted by molar-refractivity contribution is 7.88. The highest BCUT2D eigenvalue weighted by Gasteiger charge is 2.21. The first-order valence-electron chi connectivity index (χ1n) is 6.43. The van der Waals surface area contributed by atoms with Crippen LogP contribution in [-0.2, 0) is 16.6 Å². The molecule has 116 valence electrons. The normalized spacial score (nSPS) is 12.7. The van der Waals surface area contributed by atoms with Gasteiger partial charge < -0.3 is 5.32 Å². The van der Waals surface area contributed by atoms with E-state index >= 15 is 0 Å². The van der Waals surface area contributed by atoms with E-state index in [4.69, 9.17) is 0 Å². The average molecular weight is 346 g/mol. The van der Waals surface area contributed by atoms with Crippen LogP contribution >= 0.6 is 22.7 Å². The maximum absolute atomic E-state index is 11.3. The molecule has 0 aromatic carbocycles. The van der Waals surface area contributed by atoms with Crippen LogP contribution in [0.15, 0.2) is 23.7 Å². The fourth-order valence-corrected chi connectivity index (χ4v) is 4.70. The summed E-state index contributed by atoms with van der Waals surface area (Å²) >= 11 is 3.33. The second-order valence-corrected chi connectivity index (χ2v) is 9.28. The summed E-state index contributed by atoms with van der Waals surface area (Å²) in [6, 6.07) is 4.07. The Bertz CT molecular complexity index is 675. The summed E-state index contributed by atoms with van der Waals surface area (Å²) in [4.78, 5) is 6.72. The van der Waals surface area contributed by atoms with E-state index in [2.05, 4.69) is 21.1 Å². The molecule has 2 N–H and O–H groups in total. The smallest absolute Gasteiger partial charge is 0.209 e. The van der Waals surface area contributed by atoms with E-state index in [1.165, 1.54) is 11.1 Å². The van der Waals surface area contributed by atoms with Crippen LogP contribution in [-0.4, -0.2) is 31.7 Å². The Hall–Kier alpha value is -0.800. The van der Waals surface area contributed by atoms with Gasteiger partial charge in [0.15, 0.2) is 0 Å². The van der Waals surface area contributed by atoms with Crippen molar-refractivity contribution in [3.63, 3.8) is 0 Å². The zero-order valence-corrected chi connectivity index (χ0v) is 14.7. The summed E-state index contributed by atoms with van der Waals surface area (Å²) in [7, 11) is -3.20. The second-order valence-electron chi connectivity index (χ2n) is 5.47. The minimum absolute atomic E-state index is 0.519. The van der Waals surface area contributed by atoms with E-state index in [0.717, 1.165) is 9.88 Å². The van der Waals surface area contributed by atoms with E-state index < -0.39 is 15.6 Å². The maximum Gasteiger partial charge on any atom is 0.209 e. The van der Waals surface area contributed by atoms with Crippen LogP contribution in [0, 0.1) is 0 Å². The molecule has 8 heteroatoms. The van der Waals surface area contributed by atoms with Gasteiger partial charge in [-0.15, -0.1) is 22.7 Å². The van der Waals surface area contributed by atoms with Crippen LogP contribution in [0.25, 0.3) is 9.88 Å². The standard InChI is InChI=1S/C13H19N3O2S3/c1-13(2,16-21(3,17)18)9-14-7-10-8-15-12(20-10)11-5-4-6-19-11/h4-6,8,14,16H,7,9H2,1-3H3. The topological polar surface area (TPSA) is 71.1 Å². The third-order valence-corrected chi connectivity index (χ3v) is 5.57. The first kappa shape index (κ1) is 16.6. The van der Waals surface area contributed by atoms with Gasteiger partial charge in [-0.1, -0.05) is 6.07 Å². The SMILES string of the molecule is CC(C)(CNCc1cnc(-c2cccs2)s1)NS(C)(=O)=O. The van der Waals surface area contributed by atoms with Crippen LogP contribution in [0.3, 0.4) is 0 Å². The number of thiazole rings is 1. The van der Waals surface area contributed by atoms with Crippen molar-refractivity contribution in [3.05, 3.63) is 28.6 Å². The zero-order valence-electron chi connectivity index (χ0n) is 12.2. The molecule has 21 heavy (non-hydrogen) atoms. The van der Waals surface area contributed by atoms with Crippen LogP contribution in [0.4, 0.5) is 0 Å². The lowest BCUT2D eigenvalue weighted by Crippen LogP contribution is -2.49. The molecule has 0 spiro atoms. The summed E-state index contributed by atoms with van der Waals surface area (Å²) < 4.78 is 25.1. The molecule has 0 saturated heterocycles. The maximum atomic E-state index is 11.3. The molecular weight excluding hydrogens is 326 g/mol. The molecule has 0 amide bonds. The number of rotatable bonds is 7. The molecular formula is C13H19N3O2S3. The van der Waals surface area contributed by atoms with Crippen molar-refractivity contribution in [2.45, 2.75) is 25.9 Å². The molecule has 0 radical (unpaired) electrons. The van der Waals surface area contributed by atoms with E-state index in [1.807, 2.05) is 31.5 Å². The molecule has 0 aliphatic carbocycles. The van der Waals surface area contributed by atoms with Crippen LogP contribution in [0.5, 0.6) is 0 Å². The van der Waals surface area contributed by atoms with Gasteiger partial charge in [0.25, 0.3) is 0 Å². The second kappa shape index (κ2) is 6.53. The van der Waals surface area contributed by atoms with Gasteiger partial charge in [0.05, 0.1) is 11.1 Å². The molecule has 0 aliphatic heterocycles. The lowest BCUT2D eigenvalue weighted by Gasteiger charge is -2.25. The first-order chi connectivity index (χ1) is 9.75. The Kier molecular flexibility index (Phi) is 5.15. The Morgan fingerprint density at radius 1 is 1.38 bits per heavy atom. The predicted molar refractivity (Wildman–Crippen MR) is 89.2 cm³/mol. The van der Waals surface area contributed by atoms with E-state index in [1.54, 1.807) is 22.7 Å². The fourth-order valence-electron chi connectivity index (χ4n) is 1.94. The minimum atomic E-state index is -3.20. The number of nitrogens with zero attached hydrogens (tertiary/aromatic N) is 1. The molecule has 0 unspecified atom stereocenters. The number of sulfonamides is 1. The van der Waals surface area contributed by atoms with Gasteiger partial charge in [-0.2, -0.15) is 0 Å². The van der Waals surface area contributed by atoms with E-state index in [9.17, 15) is 8.42 Å². The van der Waals surface area contributed by atoms with Gasteiger partial charge in [0.1, 0.15) is 5.01 Å². The van der Waals surface area contributed by atoms with Crippen molar-refractivity contribution < 1.29 is 8.42 Å². The quantitative estimate of drug-likeness (QED) is 0.808. The number of nitrogens with one attached hydrogen (secondary N) is 2. The summed E-state index contributed by atoms with van der Waals surface area (Å²) in [6.45, 7) is 4.93. The molecule has 5 nitrogen and oxygen atoms in total. The Morgan fingerprint density at radius 3 is 2.76 bits per heavy atom. The molecule has 0 bridgehead atoms. The molecule has 0 atom stereocenters. The highest BCUT2D eigenvalue weighted by Crippen LogP contribution is 2.28. The van der Waals surface area contributed by atoms with E-state index in [-0.39, 0.29) is 0 Å². The summed E-state index contributed by atoms with van der Waals surface area (Å²) in [6.07, 6.45) is 3.04. The summed E-state index contributed by atoms with van der Waals surface area (Å²) in [5.74, 6) is 0. The van der Waals surface area contributed by atoms with Gasteiger partial charge >= 0.3 is 0 Å². The number of hydrogen-bond donors (Lipinski definition) is 2. The monoisotopic (exact) mass is 345 g/mol. The van der Waals surface area contributed by atoms with Crippen LogP contribution in [0.2, 0.25) is 0 Å². The van der Waals surface area contributed by atoms with E-state index in [0.29, 0.717) is 13.1 Å². The molecule has 2 heterocycles. The Labute approximate surface area is 133 Å². The summed E-state index contributed by atoms with van der Waals surface area (Å²) in [5, 5.41) is 6.33. The first-order valence-corrected chi connectivity index (χ1v) is 10.0. The van der Waals surface area contributed by atoms with Crippen molar-refractivity contribution in [1.29, 1.82) is 0 Å². The molecule has 2 aromatic heterocycles. The van der Waals surface area contributed by atoms with Crippen molar-refractivity contribution in [1.82, 2.24) is 15.0 Å². The minimum Gasteiger partial charge on any atom is -0.310 e. The van der Waals surface area contributed by atoms with Gasteiger partial charge in [0.2, 0.25) is 10.0 Å². The third-order valence-electron chi connectivity index (χ3n) is 2.61. The Morgan fingerprint density at radius 2 is 2.14 bits per heavy atom. The number of hydrogen-bond acceptors (Lipinski definition) is 6. The van der Waals surface area contributed by atoms with Crippen molar-refractivity contribution in [2.24, 2.45) is 0 Å². The van der Waals surface area contributed by atoms with Gasteiger partial charge in [-0.3, -0.25) is 0 Å². The van der Waals surface area contributed by atoms with Gasteiger partial charge in [-0.05, 0) is 25.3 Å². The number of aromatic nitrogens is 1. The van der Waals surface area contributed by atoms with Crippen molar-refractivity contribution in [3.8, 4) is 9.88 Å². The predicted octanol–water partition coefficient (Wildman–Crippen LogP) is 2.29. The summed E-state index contributed by atoms with van der Waals surface area (Å²) in [5.41, 5.74) is -0.519. The van der Waals surface area contributed by atoms with Crippen LogP contribution in [0.1, 0.15) is 18.7 Å². The lowest BCUT2D eigenvalue weighted by atomic mass is 10.1. The molecule has 0 aliphatic rings. The highest BCUT2D eigenvalue weighted by atomic mass is 32.2. The number of thiophene rings is 1. The molecule has 2 aromatic rings. The zero-order chi connectivity index (χ0) is 15.5. The van der Waals surface area contributed by atoms with Crippen LogP contribution < -0.4 is 10.0 Å². The van der Waals surface area contributed by atoms with Crippen molar-refractivity contribution in [2.75, 3.05) is 12.8 Å². The molecule has 2 rings (SSSR count). The average Bonchev–Trinajstić information content (AvgIpc) is 2.94. The molecule has 0 saturated carbocycles.